The van der Waals surface area contributed by atoms with E-state index in [2.05, 4.69) is 0 Å². The summed E-state index contributed by atoms with van der Waals surface area (Å²) < 4.78 is 0. The number of carboxylic acid groups (broad SMARTS) is 4. The fraction of sp³-hybridized carbons (Fsp3) is 0.125. The molecule has 4 N–H and O–H groups in total. The number of allylic oxidation sites excluding steroid dienone is 1. The van der Waals surface area contributed by atoms with Crippen LogP contribution in [-0.2, 0) is 19.2 Å². The molecule has 0 saturated heterocycles. The third kappa shape index (κ3) is 2.43. The Labute approximate surface area is 135 Å². The molecule has 8 heteroatoms. The molecule has 1 aromatic rings. The van der Waals surface area contributed by atoms with Crippen molar-refractivity contribution in [3.8, 4) is 0 Å². The molecule has 0 aromatic heterocycles. The van der Waals surface area contributed by atoms with Gasteiger partial charge in [-0.1, -0.05) is 36.4 Å². The highest BCUT2D eigenvalue weighted by molar-refractivity contribution is 6.20. The van der Waals surface area contributed by atoms with Crippen LogP contribution in [0.25, 0.3) is 5.57 Å². The molecule has 1 aliphatic carbocycles. The van der Waals surface area contributed by atoms with Crippen LogP contribution in [0.3, 0.4) is 0 Å². The molecule has 0 radical (unpaired) electrons. The molecule has 24 heavy (non-hydrogen) atoms. The maximum absolute atomic E-state index is 11.6. The van der Waals surface area contributed by atoms with E-state index in [-0.39, 0.29) is 5.57 Å². The standard InChI is InChI=1S/C16H12O8/c17-12(18)10-9(8-4-2-1-3-5-8)6-7-16(14(21)22,15(23)24)11(10)13(19)20/h1-6H,7H2,(H,17,18)(H,19,20)(H,21,22)(H,23,24). The van der Waals surface area contributed by atoms with Crippen LogP contribution in [0.2, 0.25) is 0 Å². The number of hydrogen-bond donors (Lipinski definition) is 4. The van der Waals surface area contributed by atoms with Gasteiger partial charge in [0.15, 0.2) is 0 Å². The number of rotatable bonds is 5. The summed E-state index contributed by atoms with van der Waals surface area (Å²) in [6.07, 6.45) is 0.452. The normalized spacial score (nSPS) is 16.2. The summed E-state index contributed by atoms with van der Waals surface area (Å²) in [5.74, 6) is -7.49. The summed E-state index contributed by atoms with van der Waals surface area (Å²) in [4.78, 5) is 46.3. The van der Waals surface area contributed by atoms with Crippen molar-refractivity contribution in [1.82, 2.24) is 0 Å². The van der Waals surface area contributed by atoms with Gasteiger partial charge in [-0.2, -0.15) is 0 Å². The van der Waals surface area contributed by atoms with Crippen LogP contribution >= 0.6 is 0 Å². The Bertz CT molecular complexity index is 787. The summed E-state index contributed by atoms with van der Waals surface area (Å²) in [6.45, 7) is 0. The monoisotopic (exact) mass is 332 g/mol. The highest BCUT2D eigenvalue weighted by atomic mass is 16.4. The lowest BCUT2D eigenvalue weighted by atomic mass is 9.69. The number of carboxylic acids is 4. The van der Waals surface area contributed by atoms with E-state index < -0.39 is 46.9 Å². The van der Waals surface area contributed by atoms with Crippen molar-refractivity contribution in [2.75, 3.05) is 0 Å². The van der Waals surface area contributed by atoms with Gasteiger partial charge in [-0.15, -0.1) is 0 Å². The minimum atomic E-state index is -2.86. The van der Waals surface area contributed by atoms with E-state index in [0.29, 0.717) is 5.56 Å². The molecule has 0 fully saturated rings. The van der Waals surface area contributed by atoms with Gasteiger partial charge in [0.25, 0.3) is 0 Å². The van der Waals surface area contributed by atoms with Crippen molar-refractivity contribution in [2.45, 2.75) is 6.42 Å². The van der Waals surface area contributed by atoms with E-state index in [1.54, 1.807) is 18.2 Å². The van der Waals surface area contributed by atoms with Crippen molar-refractivity contribution in [3.05, 3.63) is 53.1 Å². The lowest BCUT2D eigenvalue weighted by Crippen LogP contribution is -2.46. The van der Waals surface area contributed by atoms with Gasteiger partial charge in [-0.3, -0.25) is 9.59 Å². The van der Waals surface area contributed by atoms with Gasteiger partial charge in [0.2, 0.25) is 5.41 Å². The summed E-state index contributed by atoms with van der Waals surface area (Å²) in [7, 11) is 0. The van der Waals surface area contributed by atoms with E-state index in [1.165, 1.54) is 12.1 Å². The molecular formula is C16H12O8. The second kappa shape index (κ2) is 5.99. The SMILES string of the molecule is O=C(O)C1=C(C(=O)O)C(C(=O)O)(C(=O)O)CC=C1c1ccccc1. The Hall–Kier alpha value is -3.42. The van der Waals surface area contributed by atoms with Crippen LogP contribution in [0.5, 0.6) is 0 Å². The van der Waals surface area contributed by atoms with E-state index in [0.717, 1.165) is 6.08 Å². The van der Waals surface area contributed by atoms with E-state index in [9.17, 15) is 39.6 Å². The molecule has 0 atom stereocenters. The Morgan fingerprint density at radius 1 is 0.833 bits per heavy atom. The van der Waals surface area contributed by atoms with E-state index in [4.69, 9.17) is 0 Å². The van der Waals surface area contributed by atoms with Crippen molar-refractivity contribution in [3.63, 3.8) is 0 Å². The molecule has 0 heterocycles. The smallest absolute Gasteiger partial charge is 0.336 e. The summed E-state index contributed by atoms with van der Waals surface area (Å²) in [6, 6.07) is 7.87. The first kappa shape index (κ1) is 16.9. The third-order valence-corrected chi connectivity index (χ3v) is 3.80. The molecule has 0 amide bonds. The maximum atomic E-state index is 11.6. The Kier molecular flexibility index (Phi) is 4.23. The number of hydrogen-bond acceptors (Lipinski definition) is 4. The van der Waals surface area contributed by atoms with E-state index in [1.807, 2.05) is 0 Å². The van der Waals surface area contributed by atoms with Crippen molar-refractivity contribution < 1.29 is 39.6 Å². The van der Waals surface area contributed by atoms with Gasteiger partial charge in [-0.25, -0.2) is 9.59 Å². The highest BCUT2D eigenvalue weighted by Gasteiger charge is 2.56. The van der Waals surface area contributed by atoms with Crippen molar-refractivity contribution >= 4 is 29.5 Å². The zero-order chi connectivity index (χ0) is 18.1. The quantitative estimate of drug-likeness (QED) is 0.585. The van der Waals surface area contributed by atoms with Crippen molar-refractivity contribution in [1.29, 1.82) is 0 Å². The molecular weight excluding hydrogens is 320 g/mol. The van der Waals surface area contributed by atoms with E-state index >= 15 is 0 Å². The topological polar surface area (TPSA) is 149 Å². The molecule has 2 rings (SSSR count). The second-order valence-electron chi connectivity index (χ2n) is 5.06. The van der Waals surface area contributed by atoms with Gasteiger partial charge in [0.05, 0.1) is 11.1 Å². The predicted molar refractivity (Wildman–Crippen MR) is 79.0 cm³/mol. The average molecular weight is 332 g/mol. The zero-order valence-corrected chi connectivity index (χ0v) is 12.1. The number of benzene rings is 1. The van der Waals surface area contributed by atoms with Crippen LogP contribution in [0.15, 0.2) is 47.6 Å². The largest absolute Gasteiger partial charge is 0.480 e. The lowest BCUT2D eigenvalue weighted by molar-refractivity contribution is -0.164. The first-order valence-corrected chi connectivity index (χ1v) is 6.67. The molecule has 0 saturated carbocycles. The molecule has 0 aliphatic heterocycles. The summed E-state index contributed by atoms with van der Waals surface area (Å²) >= 11 is 0. The minimum absolute atomic E-state index is 0.0291. The summed E-state index contributed by atoms with van der Waals surface area (Å²) in [5.41, 5.74) is -4.56. The average Bonchev–Trinajstić information content (AvgIpc) is 2.53. The zero-order valence-electron chi connectivity index (χ0n) is 12.1. The molecule has 0 spiro atoms. The second-order valence-corrected chi connectivity index (χ2v) is 5.06. The molecule has 1 aliphatic rings. The molecule has 124 valence electrons. The Morgan fingerprint density at radius 2 is 1.38 bits per heavy atom. The fourth-order valence-electron chi connectivity index (χ4n) is 2.68. The maximum Gasteiger partial charge on any atom is 0.336 e. The van der Waals surface area contributed by atoms with Gasteiger partial charge >= 0.3 is 23.9 Å². The first-order chi connectivity index (χ1) is 11.2. The minimum Gasteiger partial charge on any atom is -0.480 e. The van der Waals surface area contributed by atoms with Crippen LogP contribution in [-0.4, -0.2) is 44.3 Å². The number of carbonyl (C=O) groups is 4. The fourth-order valence-corrected chi connectivity index (χ4v) is 2.68. The molecule has 8 nitrogen and oxygen atoms in total. The summed E-state index contributed by atoms with van der Waals surface area (Å²) in [5, 5.41) is 37.5. The number of aliphatic carboxylic acids is 4. The Balaban J connectivity index is 2.86. The van der Waals surface area contributed by atoms with Gasteiger partial charge in [0, 0.05) is 0 Å². The van der Waals surface area contributed by atoms with Gasteiger partial charge < -0.3 is 20.4 Å². The molecule has 0 bridgehead atoms. The van der Waals surface area contributed by atoms with Gasteiger partial charge in [-0.05, 0) is 17.6 Å². The lowest BCUT2D eigenvalue weighted by Gasteiger charge is -2.30. The van der Waals surface area contributed by atoms with Crippen molar-refractivity contribution in [2.24, 2.45) is 5.41 Å². The third-order valence-electron chi connectivity index (χ3n) is 3.80. The Morgan fingerprint density at radius 3 is 1.79 bits per heavy atom. The highest BCUT2D eigenvalue weighted by Crippen LogP contribution is 2.44. The van der Waals surface area contributed by atoms with Gasteiger partial charge in [0.1, 0.15) is 0 Å². The van der Waals surface area contributed by atoms with Crippen LogP contribution < -0.4 is 0 Å². The van der Waals surface area contributed by atoms with Crippen LogP contribution in [0, 0.1) is 5.41 Å². The first-order valence-electron chi connectivity index (χ1n) is 6.67. The van der Waals surface area contributed by atoms with Crippen LogP contribution in [0.1, 0.15) is 12.0 Å². The molecule has 1 aromatic carbocycles. The van der Waals surface area contributed by atoms with Crippen LogP contribution in [0.4, 0.5) is 0 Å². The predicted octanol–water partition coefficient (Wildman–Crippen LogP) is 1.10. The molecule has 0 unspecified atom stereocenters.